The summed E-state index contributed by atoms with van der Waals surface area (Å²) in [6.45, 7) is 4.56. The number of carbonyl (C=O) groups is 9. The first-order valence-electron chi connectivity index (χ1n) is 19.1. The number of rotatable bonds is 13. The second-order valence-corrected chi connectivity index (χ2v) is 16.9. The summed E-state index contributed by atoms with van der Waals surface area (Å²) in [6.07, 6.45) is 1.62. The number of aliphatic hydroxyl groups is 2. The summed E-state index contributed by atoms with van der Waals surface area (Å²) in [5.74, 6) is -8.92. The molecule has 0 saturated carbocycles. The van der Waals surface area contributed by atoms with Gasteiger partial charge in [-0.1, -0.05) is 80.9 Å². The van der Waals surface area contributed by atoms with Crippen molar-refractivity contribution in [1.29, 1.82) is 0 Å². The van der Waals surface area contributed by atoms with Gasteiger partial charge >= 0.3 is 11.9 Å². The van der Waals surface area contributed by atoms with Crippen LogP contribution in [0.15, 0.2) is 0 Å². The molecule has 2 bridgehead atoms. The van der Waals surface area contributed by atoms with Crippen molar-refractivity contribution in [3.05, 3.63) is 0 Å². The van der Waals surface area contributed by atoms with E-state index in [0.29, 0.717) is 12.8 Å². The van der Waals surface area contributed by atoms with Crippen LogP contribution in [0.3, 0.4) is 0 Å². The van der Waals surface area contributed by atoms with E-state index in [1.165, 1.54) is 21.6 Å². The van der Waals surface area contributed by atoms with Crippen LogP contribution in [0.1, 0.15) is 91.4 Å². The molecule has 1 unspecified atom stereocenters. The first-order valence-corrected chi connectivity index (χ1v) is 21.6. The minimum atomic E-state index is -1.95. The summed E-state index contributed by atoms with van der Waals surface area (Å²) in [5, 5.41) is 35.1. The minimum Gasteiger partial charge on any atom is -0.394 e. The minimum absolute atomic E-state index is 0.0164. The van der Waals surface area contributed by atoms with E-state index in [9.17, 15) is 53.4 Å². The van der Waals surface area contributed by atoms with E-state index in [1.807, 2.05) is 0 Å². The third-order valence-corrected chi connectivity index (χ3v) is 11.5. The van der Waals surface area contributed by atoms with Crippen LogP contribution in [0.2, 0.25) is 0 Å². The molecular formula is C35H58N8O12S2. The molecule has 57 heavy (non-hydrogen) atoms. The normalized spacial score (nSPS) is 27.3. The second kappa shape index (κ2) is 25.4. The van der Waals surface area contributed by atoms with Gasteiger partial charge in [-0.3, -0.25) is 38.4 Å². The second-order valence-electron chi connectivity index (χ2n) is 14.4. The van der Waals surface area contributed by atoms with E-state index in [-0.39, 0.29) is 36.7 Å². The Hall–Kier alpha value is -3.99. The number of cyclic esters (lactones) is 2. The Morgan fingerprint density at radius 1 is 0.719 bits per heavy atom. The van der Waals surface area contributed by atoms with E-state index >= 15 is 0 Å². The molecule has 12 N–H and O–H groups in total. The number of hydrogen-bond acceptors (Lipinski definition) is 15. The molecule has 0 aromatic carbocycles. The number of aliphatic hydroxyl groups excluding tert-OH is 2. The number of esters is 2. The van der Waals surface area contributed by atoms with Crippen LogP contribution in [-0.4, -0.2) is 130 Å². The first-order chi connectivity index (χ1) is 27.0. The average molecular weight is 847 g/mol. The van der Waals surface area contributed by atoms with Gasteiger partial charge in [0.2, 0.25) is 41.4 Å². The van der Waals surface area contributed by atoms with Crippen molar-refractivity contribution in [2.75, 3.05) is 18.1 Å². The Kier molecular flexibility index (Phi) is 21.9. The van der Waals surface area contributed by atoms with E-state index in [0.717, 1.165) is 25.7 Å². The van der Waals surface area contributed by atoms with Crippen molar-refractivity contribution < 1.29 is 58.1 Å². The van der Waals surface area contributed by atoms with Crippen molar-refractivity contribution in [3.8, 4) is 0 Å². The zero-order valence-corrected chi connectivity index (χ0v) is 34.2. The first kappa shape index (κ1) is 49.2. The highest BCUT2D eigenvalue weighted by Crippen LogP contribution is 2.25. The number of unbranched alkanes of at least 4 members (excludes halogenated alkanes) is 5. The van der Waals surface area contributed by atoms with Gasteiger partial charge in [-0.15, -0.1) is 0 Å². The monoisotopic (exact) mass is 846 g/mol. The lowest BCUT2D eigenvalue weighted by molar-refractivity contribution is -0.161. The number of nitrogens with two attached hydrogens (primary N) is 2. The maximum atomic E-state index is 13.8. The molecule has 0 aromatic heterocycles. The van der Waals surface area contributed by atoms with E-state index in [4.69, 9.17) is 16.2 Å². The third-order valence-electron chi connectivity index (χ3n) is 9.05. The fourth-order valence-electron chi connectivity index (χ4n) is 5.73. The zero-order valence-electron chi connectivity index (χ0n) is 32.5. The molecule has 2 heterocycles. The predicted molar refractivity (Wildman–Crippen MR) is 209 cm³/mol. The summed E-state index contributed by atoms with van der Waals surface area (Å²) in [6, 6.07) is -9.89. The lowest BCUT2D eigenvalue weighted by Crippen LogP contribution is -2.61. The van der Waals surface area contributed by atoms with Gasteiger partial charge in [-0.2, -0.15) is 0 Å². The molecule has 2 aliphatic rings. The Labute approximate surface area is 339 Å². The summed E-state index contributed by atoms with van der Waals surface area (Å²) in [5.41, 5.74) is 11.2. The van der Waals surface area contributed by atoms with Gasteiger partial charge in [0.15, 0.2) is 0 Å². The molecular weight excluding hydrogens is 789 g/mol. The molecule has 8 atom stereocenters. The molecule has 0 radical (unpaired) electrons. The number of ether oxygens (including phenoxy) is 1. The van der Waals surface area contributed by atoms with Crippen LogP contribution < -0.4 is 43.4 Å². The highest BCUT2D eigenvalue weighted by Gasteiger charge is 2.36. The molecule has 7 amide bonds. The van der Waals surface area contributed by atoms with Crippen molar-refractivity contribution in [2.24, 2.45) is 17.4 Å². The number of nitrogens with one attached hydrogen (secondary N) is 6. The van der Waals surface area contributed by atoms with E-state index in [2.05, 4.69) is 38.8 Å². The van der Waals surface area contributed by atoms with Crippen LogP contribution in [-0.2, 0) is 47.9 Å². The number of primary amides is 1. The molecule has 2 aliphatic heterocycles. The molecule has 2 fully saturated rings. The summed E-state index contributed by atoms with van der Waals surface area (Å²) < 4.78 is 4.94. The van der Waals surface area contributed by atoms with Crippen LogP contribution in [0.25, 0.3) is 0 Å². The lowest BCUT2D eigenvalue weighted by Gasteiger charge is -2.28. The van der Waals surface area contributed by atoms with Crippen LogP contribution in [0.4, 0.5) is 0 Å². The molecule has 0 aliphatic carbocycles. The quantitative estimate of drug-likeness (QED) is 0.0397. The predicted octanol–water partition coefficient (Wildman–Crippen LogP) is -2.49. The zero-order chi connectivity index (χ0) is 42.7. The van der Waals surface area contributed by atoms with Crippen LogP contribution in [0, 0.1) is 5.92 Å². The van der Waals surface area contributed by atoms with Gasteiger partial charge in [-0.05, 0) is 25.2 Å². The largest absolute Gasteiger partial charge is 0.394 e. The Morgan fingerprint density at radius 2 is 1.23 bits per heavy atom. The number of hydrogen-bond donors (Lipinski definition) is 10. The highest BCUT2D eigenvalue weighted by molar-refractivity contribution is 8.76. The smallest absolute Gasteiger partial charge is 0.337 e. The van der Waals surface area contributed by atoms with Gasteiger partial charge in [0.1, 0.15) is 42.4 Å². The summed E-state index contributed by atoms with van der Waals surface area (Å²) >= 11 is 0. The lowest BCUT2D eigenvalue weighted by atomic mass is 10.0. The van der Waals surface area contributed by atoms with Crippen LogP contribution >= 0.6 is 21.6 Å². The van der Waals surface area contributed by atoms with Gasteiger partial charge < -0.3 is 58.3 Å². The fourth-order valence-corrected chi connectivity index (χ4v) is 8.04. The standard InChI is InChI=1S/C35H58N8O12S2/c1-4-5-6-7-8-9-10-20-30(49)42-24-16-56-57-17-25(43-34(24)53)35(54)55-27(46)12-11-19(36)29(48)39-21(13-18(2)3)31(50)41-23(15-44)33(52)40-22(32(51)38-20)14-26(45)28(37)47/h18-26,44-45H,4-17,36H2,1-3H3,(H2,37,47)(H,38,51)(H,39,48)(H,40,52)(H,41,50)(H,42,49)(H,43,53)/t19-,20-,21-,22-,23-,24-,25-,26?/m0/s1. The Morgan fingerprint density at radius 3 is 1.84 bits per heavy atom. The molecule has 0 spiro atoms. The molecule has 20 nitrogen and oxygen atoms in total. The molecule has 0 aromatic rings. The number of amides is 7. The topological polar surface area (TPSA) is 328 Å². The van der Waals surface area contributed by atoms with Crippen molar-refractivity contribution in [1.82, 2.24) is 31.9 Å². The van der Waals surface area contributed by atoms with Crippen molar-refractivity contribution >= 4 is 74.9 Å². The van der Waals surface area contributed by atoms with Gasteiger partial charge in [0.05, 0.1) is 12.6 Å². The average Bonchev–Trinajstić information content (AvgIpc) is 3.14. The third kappa shape index (κ3) is 17.6. The highest BCUT2D eigenvalue weighted by atomic mass is 33.1. The number of carbonyl (C=O) groups excluding carboxylic acids is 9. The SMILES string of the molecule is CCCCCCCC[C@@H]1NC(=O)[C@H](CC(O)C(N)=O)NC(=O)[C@H](CO)NC(=O)[C@H](CC(C)C)NC(=O)[C@@H](N)CCC(=O)OC(=O)[C@@H]2CSSC[C@H](NC1=O)C(=O)N2. The fraction of sp³-hybridized carbons (Fsp3) is 0.743. The summed E-state index contributed by atoms with van der Waals surface area (Å²) in [7, 11) is 2.34. The van der Waals surface area contributed by atoms with Crippen molar-refractivity contribution in [2.45, 2.75) is 140 Å². The molecule has 2 rings (SSSR count). The van der Waals surface area contributed by atoms with Crippen LogP contribution in [0.5, 0.6) is 0 Å². The van der Waals surface area contributed by atoms with Gasteiger partial charge in [-0.25, -0.2) is 4.79 Å². The maximum absolute atomic E-state index is 13.8. The van der Waals surface area contributed by atoms with E-state index < -0.39 is 121 Å². The molecule has 322 valence electrons. The molecule has 22 heteroatoms. The Bertz CT molecular complexity index is 1440. The van der Waals surface area contributed by atoms with Crippen molar-refractivity contribution in [3.63, 3.8) is 0 Å². The van der Waals surface area contributed by atoms with Gasteiger partial charge in [0.25, 0.3) is 0 Å². The summed E-state index contributed by atoms with van der Waals surface area (Å²) in [4.78, 5) is 118. The number of fused-ring (bicyclic) bond motifs is 3. The molecule has 2 saturated heterocycles. The maximum Gasteiger partial charge on any atom is 0.337 e. The van der Waals surface area contributed by atoms with Gasteiger partial charge in [0, 0.05) is 24.3 Å². The van der Waals surface area contributed by atoms with E-state index in [1.54, 1.807) is 13.8 Å². The Balaban J connectivity index is 2.53.